The zero-order chi connectivity index (χ0) is 16.5. The molecule has 0 amide bonds. The molecular weight excluding hydrogens is 280 g/mol. The molecule has 0 atom stereocenters. The largest absolute Gasteiger partial charge is 0.480 e. The van der Waals surface area contributed by atoms with Crippen molar-refractivity contribution in [3.63, 3.8) is 0 Å². The third-order valence-electron chi connectivity index (χ3n) is 3.88. The number of carbonyl (C=O) groups is 1. The minimum Gasteiger partial charge on any atom is -0.480 e. The number of nitrogens with zero attached hydrogens (tertiary/aromatic N) is 1. The Hall–Kier alpha value is -0.650. The van der Waals surface area contributed by atoms with Gasteiger partial charge in [0, 0.05) is 19.6 Å². The maximum atomic E-state index is 10.4. The van der Waals surface area contributed by atoms with Crippen LogP contribution in [0.25, 0.3) is 0 Å². The average molecular weight is 316 g/mol. The van der Waals surface area contributed by atoms with Crippen LogP contribution in [0.15, 0.2) is 0 Å². The van der Waals surface area contributed by atoms with Crippen molar-refractivity contribution in [2.45, 2.75) is 64.7 Å². The van der Waals surface area contributed by atoms with E-state index in [2.05, 4.69) is 17.1 Å². The van der Waals surface area contributed by atoms with Gasteiger partial charge in [0.1, 0.15) is 0 Å². The van der Waals surface area contributed by atoms with E-state index in [9.17, 15) is 4.79 Å². The standard InChI is InChI=1S/C17H36N2O3/c1-2-3-4-5-6-7-8-9-10-12-19(14-15-20)13-11-18-16-17(21)22/h18,20H,2-16H2,1H3,(H,21,22). The van der Waals surface area contributed by atoms with E-state index in [4.69, 9.17) is 10.2 Å². The lowest BCUT2D eigenvalue weighted by Gasteiger charge is -2.21. The molecule has 0 spiro atoms. The lowest BCUT2D eigenvalue weighted by atomic mass is 10.1. The van der Waals surface area contributed by atoms with E-state index >= 15 is 0 Å². The molecule has 0 aromatic rings. The molecule has 0 aliphatic heterocycles. The molecule has 0 aliphatic rings. The van der Waals surface area contributed by atoms with Gasteiger partial charge in [0.2, 0.25) is 0 Å². The maximum Gasteiger partial charge on any atom is 0.317 e. The van der Waals surface area contributed by atoms with Crippen LogP contribution in [0.4, 0.5) is 0 Å². The van der Waals surface area contributed by atoms with Crippen molar-refractivity contribution in [1.29, 1.82) is 0 Å². The molecule has 0 fully saturated rings. The lowest BCUT2D eigenvalue weighted by Crippen LogP contribution is -2.36. The summed E-state index contributed by atoms with van der Waals surface area (Å²) >= 11 is 0. The summed E-state index contributed by atoms with van der Waals surface area (Å²) in [4.78, 5) is 12.6. The molecule has 0 unspecified atom stereocenters. The van der Waals surface area contributed by atoms with Crippen LogP contribution >= 0.6 is 0 Å². The highest BCUT2D eigenvalue weighted by Crippen LogP contribution is 2.09. The van der Waals surface area contributed by atoms with Crippen molar-refractivity contribution < 1.29 is 15.0 Å². The lowest BCUT2D eigenvalue weighted by molar-refractivity contribution is -0.135. The Balaban J connectivity index is 3.46. The zero-order valence-corrected chi connectivity index (χ0v) is 14.4. The molecule has 0 saturated carbocycles. The number of aliphatic hydroxyl groups excluding tert-OH is 1. The minimum absolute atomic E-state index is 0.00496. The van der Waals surface area contributed by atoms with Crippen LogP contribution in [-0.4, -0.2) is 60.4 Å². The van der Waals surface area contributed by atoms with E-state index < -0.39 is 5.97 Å². The molecule has 0 aromatic carbocycles. The van der Waals surface area contributed by atoms with Crippen LogP contribution in [-0.2, 0) is 4.79 Å². The minimum atomic E-state index is -0.826. The third kappa shape index (κ3) is 15.7. The predicted octanol–water partition coefficient (Wildman–Crippen LogP) is 2.49. The summed E-state index contributed by atoms with van der Waals surface area (Å²) in [6.45, 7) is 5.53. The second kappa shape index (κ2) is 16.7. The summed E-state index contributed by atoms with van der Waals surface area (Å²) in [5, 5.41) is 20.5. The second-order valence-electron chi connectivity index (χ2n) is 5.96. The molecule has 3 N–H and O–H groups in total. The molecule has 0 aliphatic carbocycles. The van der Waals surface area contributed by atoms with Crippen molar-refractivity contribution in [1.82, 2.24) is 10.2 Å². The summed E-state index contributed by atoms with van der Waals surface area (Å²) in [5.41, 5.74) is 0. The fourth-order valence-corrected chi connectivity index (χ4v) is 2.56. The normalized spacial score (nSPS) is 11.2. The third-order valence-corrected chi connectivity index (χ3v) is 3.88. The molecule has 0 rings (SSSR count). The predicted molar refractivity (Wildman–Crippen MR) is 91.3 cm³/mol. The van der Waals surface area contributed by atoms with Gasteiger partial charge in [-0.3, -0.25) is 9.69 Å². The van der Waals surface area contributed by atoms with Crippen molar-refractivity contribution >= 4 is 5.97 Å². The maximum absolute atomic E-state index is 10.4. The highest BCUT2D eigenvalue weighted by molar-refractivity contribution is 5.68. The van der Waals surface area contributed by atoms with Gasteiger partial charge in [-0.15, -0.1) is 0 Å². The van der Waals surface area contributed by atoms with Crippen molar-refractivity contribution in [3.8, 4) is 0 Å². The number of rotatable bonds is 17. The van der Waals surface area contributed by atoms with E-state index in [1.165, 1.54) is 51.4 Å². The molecule has 0 aromatic heterocycles. The summed E-state index contributed by atoms with van der Waals surface area (Å²) in [6, 6.07) is 0. The van der Waals surface area contributed by atoms with Crippen LogP contribution in [0.1, 0.15) is 64.7 Å². The van der Waals surface area contributed by atoms with Crippen LogP contribution in [0.3, 0.4) is 0 Å². The first kappa shape index (κ1) is 21.4. The monoisotopic (exact) mass is 316 g/mol. The number of nitrogens with one attached hydrogen (secondary N) is 1. The first-order chi connectivity index (χ1) is 10.7. The van der Waals surface area contributed by atoms with Gasteiger partial charge in [-0.25, -0.2) is 0 Å². The Labute approximate surface area is 136 Å². The molecule has 0 bridgehead atoms. The van der Waals surface area contributed by atoms with Gasteiger partial charge in [0.15, 0.2) is 0 Å². The van der Waals surface area contributed by atoms with Gasteiger partial charge in [-0.1, -0.05) is 58.3 Å². The number of aliphatic carboxylic acids is 1. The summed E-state index contributed by atoms with van der Waals surface area (Å²) < 4.78 is 0. The second-order valence-corrected chi connectivity index (χ2v) is 5.96. The first-order valence-corrected chi connectivity index (χ1v) is 8.96. The van der Waals surface area contributed by atoms with Gasteiger partial charge in [0.05, 0.1) is 13.2 Å². The van der Waals surface area contributed by atoms with Crippen molar-refractivity contribution in [2.24, 2.45) is 0 Å². The molecule has 22 heavy (non-hydrogen) atoms. The van der Waals surface area contributed by atoms with Gasteiger partial charge >= 0.3 is 5.97 Å². The van der Waals surface area contributed by atoms with Crippen LogP contribution in [0, 0.1) is 0 Å². The Morgan fingerprint density at radius 2 is 1.50 bits per heavy atom. The van der Waals surface area contributed by atoms with E-state index in [1.54, 1.807) is 0 Å². The SMILES string of the molecule is CCCCCCCCCCCN(CCO)CCNCC(=O)O. The zero-order valence-electron chi connectivity index (χ0n) is 14.4. The van der Waals surface area contributed by atoms with Crippen LogP contribution < -0.4 is 5.32 Å². The molecule has 5 nitrogen and oxygen atoms in total. The number of hydrogen-bond acceptors (Lipinski definition) is 4. The van der Waals surface area contributed by atoms with Gasteiger partial charge < -0.3 is 15.5 Å². The van der Waals surface area contributed by atoms with Crippen molar-refractivity contribution in [2.75, 3.05) is 39.3 Å². The first-order valence-electron chi connectivity index (χ1n) is 8.96. The quantitative estimate of drug-likeness (QED) is 0.360. The van der Waals surface area contributed by atoms with E-state index in [-0.39, 0.29) is 13.2 Å². The van der Waals surface area contributed by atoms with Gasteiger partial charge in [-0.2, -0.15) is 0 Å². The van der Waals surface area contributed by atoms with Crippen molar-refractivity contribution in [3.05, 3.63) is 0 Å². The Morgan fingerprint density at radius 1 is 0.909 bits per heavy atom. The Bertz CT molecular complexity index is 250. The number of carboxylic acids is 1. The summed E-state index contributed by atoms with van der Waals surface area (Å²) in [6.07, 6.45) is 11.8. The average Bonchev–Trinajstić information content (AvgIpc) is 2.49. The topological polar surface area (TPSA) is 72.8 Å². The van der Waals surface area contributed by atoms with Gasteiger partial charge in [0.25, 0.3) is 0 Å². The van der Waals surface area contributed by atoms with Gasteiger partial charge in [-0.05, 0) is 13.0 Å². The Morgan fingerprint density at radius 3 is 2.05 bits per heavy atom. The fraction of sp³-hybridized carbons (Fsp3) is 0.941. The summed E-state index contributed by atoms with van der Waals surface area (Å²) in [7, 11) is 0. The molecule has 0 heterocycles. The van der Waals surface area contributed by atoms with E-state index in [0.717, 1.165) is 19.5 Å². The molecule has 0 radical (unpaired) electrons. The smallest absolute Gasteiger partial charge is 0.317 e. The molecule has 132 valence electrons. The van der Waals surface area contributed by atoms with Crippen LogP contribution in [0.5, 0.6) is 0 Å². The number of aliphatic hydroxyl groups is 1. The molecular formula is C17H36N2O3. The van der Waals surface area contributed by atoms with E-state index in [1.807, 2.05) is 0 Å². The Kier molecular flexibility index (Phi) is 16.2. The van der Waals surface area contributed by atoms with E-state index in [0.29, 0.717) is 13.1 Å². The molecule has 5 heteroatoms. The number of carboxylic acid groups (broad SMARTS) is 1. The van der Waals surface area contributed by atoms with Crippen LogP contribution in [0.2, 0.25) is 0 Å². The summed E-state index contributed by atoms with van der Waals surface area (Å²) in [5.74, 6) is -0.826. The highest BCUT2D eigenvalue weighted by Gasteiger charge is 2.04. The fourth-order valence-electron chi connectivity index (χ4n) is 2.56. The molecule has 0 saturated heterocycles. The number of hydrogen-bond donors (Lipinski definition) is 3. The number of unbranched alkanes of at least 4 members (excludes halogenated alkanes) is 8. The highest BCUT2D eigenvalue weighted by atomic mass is 16.4.